The molecule has 2 amide bonds. The van der Waals surface area contributed by atoms with E-state index in [2.05, 4.69) is 106 Å². The van der Waals surface area contributed by atoms with Gasteiger partial charge in [-0.25, -0.2) is 0 Å². The van der Waals surface area contributed by atoms with Crippen LogP contribution in [0.25, 0.3) is 0 Å². The lowest BCUT2D eigenvalue weighted by Gasteiger charge is -2.64. The number of hydrogen-bond acceptors (Lipinski definition) is 4. The Bertz CT molecular complexity index is 1300. The summed E-state index contributed by atoms with van der Waals surface area (Å²) in [5.74, 6) is 3.32. The summed E-state index contributed by atoms with van der Waals surface area (Å²) >= 11 is 0. The number of aliphatic hydroxyl groups is 2. The van der Waals surface area contributed by atoms with E-state index in [4.69, 9.17) is 0 Å². The normalized spacial score (nSPS) is 34.5. The topological polar surface area (TPSA) is 98.7 Å². The lowest BCUT2D eigenvalue weighted by Crippen LogP contribution is -2.62. The highest BCUT2D eigenvalue weighted by molar-refractivity contribution is 5.77. The number of amides is 2. The van der Waals surface area contributed by atoms with Gasteiger partial charge in [-0.1, -0.05) is 102 Å². The minimum atomic E-state index is -0.266. The average molecular weight is 747 g/mol. The summed E-state index contributed by atoms with van der Waals surface area (Å²) in [6.07, 6.45) is 38.7. The molecule has 4 rings (SSSR count). The van der Waals surface area contributed by atoms with Gasteiger partial charge in [0, 0.05) is 25.9 Å². The molecule has 4 saturated carbocycles. The molecule has 1 unspecified atom stereocenters. The smallest absolute Gasteiger partial charge is 0.220 e. The number of nitrogens with one attached hydrogen (secondary N) is 2. The number of rotatable bonds is 21. The van der Waals surface area contributed by atoms with Crippen LogP contribution in [0.5, 0.6) is 0 Å². The highest BCUT2D eigenvalue weighted by Gasteiger charge is 2.64. The van der Waals surface area contributed by atoms with Crippen LogP contribution in [0.15, 0.2) is 60.8 Å². The summed E-state index contributed by atoms with van der Waals surface area (Å²) < 4.78 is 0. The monoisotopic (exact) mass is 747 g/mol. The second-order valence-electron chi connectivity index (χ2n) is 17.9. The zero-order valence-electron chi connectivity index (χ0n) is 34.8. The summed E-state index contributed by atoms with van der Waals surface area (Å²) in [4.78, 5) is 25.1. The first-order chi connectivity index (χ1) is 26.1. The molecule has 0 aliphatic heterocycles. The maximum atomic E-state index is 12.8. The fourth-order valence-corrected chi connectivity index (χ4v) is 11.8. The lowest BCUT2D eigenvalue weighted by molar-refractivity contribution is -0.203. The third kappa shape index (κ3) is 11.8. The van der Waals surface area contributed by atoms with E-state index in [0.717, 1.165) is 77.0 Å². The van der Waals surface area contributed by atoms with Crippen LogP contribution in [0, 0.1) is 52.3 Å². The minimum absolute atomic E-state index is 0.0444. The van der Waals surface area contributed by atoms with Crippen molar-refractivity contribution in [2.75, 3.05) is 13.1 Å². The van der Waals surface area contributed by atoms with Crippen LogP contribution < -0.4 is 10.6 Å². The summed E-state index contributed by atoms with van der Waals surface area (Å²) in [6.45, 7) is 12.7. The molecule has 6 nitrogen and oxygen atoms in total. The van der Waals surface area contributed by atoms with E-state index in [9.17, 15) is 19.8 Å². The van der Waals surface area contributed by atoms with Gasteiger partial charge in [0.1, 0.15) is 0 Å². The minimum Gasteiger partial charge on any atom is -0.393 e. The fourth-order valence-electron chi connectivity index (χ4n) is 11.8. The first-order valence-electron chi connectivity index (χ1n) is 22.2. The van der Waals surface area contributed by atoms with Gasteiger partial charge in [-0.05, 0) is 149 Å². The Labute approximate surface area is 329 Å². The van der Waals surface area contributed by atoms with Gasteiger partial charge in [0.2, 0.25) is 11.8 Å². The van der Waals surface area contributed by atoms with Crippen LogP contribution in [0.2, 0.25) is 0 Å². The van der Waals surface area contributed by atoms with Crippen molar-refractivity contribution in [2.45, 2.75) is 162 Å². The summed E-state index contributed by atoms with van der Waals surface area (Å²) in [6, 6.07) is 0. The van der Waals surface area contributed by atoms with E-state index >= 15 is 0 Å². The van der Waals surface area contributed by atoms with Gasteiger partial charge in [-0.15, -0.1) is 0 Å². The molecule has 0 spiro atoms. The number of allylic oxidation sites excluding steroid dienone is 10. The van der Waals surface area contributed by atoms with Gasteiger partial charge in [0.05, 0.1) is 12.2 Å². The SMILES string of the molecule is CC/C=C\C/C=C\C/C=C\C/C=C\C/C=C\CCCC(=O)NCCNC(=O)CC[C@@H](C)C1CC[C@H]2[C@@H]3[C@H](O)[C@H](CC)[C@@H]4C[C@H](O)CC[C@]4(C)[C@H]3CC[C@]12C. The number of unbranched alkanes of at least 4 members (excludes halogenated alkanes) is 1. The quantitative estimate of drug-likeness (QED) is 0.0694. The van der Waals surface area contributed by atoms with Crippen molar-refractivity contribution in [3.63, 3.8) is 0 Å². The van der Waals surface area contributed by atoms with Crippen molar-refractivity contribution in [3.05, 3.63) is 60.8 Å². The predicted octanol–water partition coefficient (Wildman–Crippen LogP) is 10.2. The Morgan fingerprint density at radius 3 is 1.87 bits per heavy atom. The summed E-state index contributed by atoms with van der Waals surface area (Å²) in [7, 11) is 0. The van der Waals surface area contributed by atoms with Gasteiger partial charge >= 0.3 is 0 Å². The van der Waals surface area contributed by atoms with E-state index < -0.39 is 0 Å². The molecular weight excluding hydrogens is 669 g/mol. The van der Waals surface area contributed by atoms with Crippen molar-refractivity contribution in [1.82, 2.24) is 10.6 Å². The van der Waals surface area contributed by atoms with E-state index in [1.165, 1.54) is 25.7 Å². The van der Waals surface area contributed by atoms with Crippen molar-refractivity contribution in [3.8, 4) is 0 Å². The number of hydrogen-bond donors (Lipinski definition) is 4. The molecule has 0 radical (unpaired) electrons. The molecule has 4 aliphatic rings. The molecule has 0 aromatic heterocycles. The first kappa shape index (κ1) is 44.3. The van der Waals surface area contributed by atoms with Crippen LogP contribution in [0.1, 0.15) is 150 Å². The molecular formula is C48H78N2O4. The van der Waals surface area contributed by atoms with Gasteiger partial charge in [0.15, 0.2) is 0 Å². The van der Waals surface area contributed by atoms with Crippen molar-refractivity contribution < 1.29 is 19.8 Å². The molecule has 304 valence electrons. The third-order valence-corrected chi connectivity index (χ3v) is 14.7. The average Bonchev–Trinajstić information content (AvgIpc) is 3.51. The van der Waals surface area contributed by atoms with E-state index in [0.29, 0.717) is 61.4 Å². The highest BCUT2D eigenvalue weighted by Crippen LogP contribution is 2.69. The number of carbonyl (C=O) groups is 2. The molecule has 0 heterocycles. The molecule has 6 heteroatoms. The molecule has 4 aliphatic carbocycles. The Morgan fingerprint density at radius 1 is 0.704 bits per heavy atom. The van der Waals surface area contributed by atoms with Crippen molar-refractivity contribution in [1.29, 1.82) is 0 Å². The second-order valence-corrected chi connectivity index (χ2v) is 17.9. The zero-order valence-corrected chi connectivity index (χ0v) is 34.8. The number of aliphatic hydroxyl groups excluding tert-OH is 2. The largest absolute Gasteiger partial charge is 0.393 e. The maximum Gasteiger partial charge on any atom is 0.220 e. The number of carbonyl (C=O) groups excluding carboxylic acids is 2. The summed E-state index contributed by atoms with van der Waals surface area (Å²) in [5, 5.41) is 28.6. The molecule has 0 saturated heterocycles. The molecule has 4 fully saturated rings. The van der Waals surface area contributed by atoms with Crippen molar-refractivity contribution >= 4 is 11.8 Å². The Morgan fingerprint density at radius 2 is 1.26 bits per heavy atom. The van der Waals surface area contributed by atoms with E-state index in [-0.39, 0.29) is 40.8 Å². The van der Waals surface area contributed by atoms with Crippen LogP contribution in [-0.2, 0) is 9.59 Å². The highest BCUT2D eigenvalue weighted by atomic mass is 16.3. The lowest BCUT2D eigenvalue weighted by atomic mass is 9.41. The van der Waals surface area contributed by atoms with Gasteiger partial charge in [-0.2, -0.15) is 0 Å². The Hall–Kier alpha value is -2.44. The first-order valence-corrected chi connectivity index (χ1v) is 22.2. The van der Waals surface area contributed by atoms with Gasteiger partial charge in [0.25, 0.3) is 0 Å². The molecule has 11 atom stereocenters. The van der Waals surface area contributed by atoms with Crippen molar-refractivity contribution in [2.24, 2.45) is 52.3 Å². The fraction of sp³-hybridized carbons (Fsp3) is 0.750. The maximum absolute atomic E-state index is 12.8. The molecule has 0 bridgehead atoms. The van der Waals surface area contributed by atoms with Crippen LogP contribution in [0.3, 0.4) is 0 Å². The Kier molecular flexibility index (Phi) is 18.3. The second kappa shape index (κ2) is 22.3. The van der Waals surface area contributed by atoms with Crippen LogP contribution in [-0.4, -0.2) is 47.3 Å². The van der Waals surface area contributed by atoms with E-state index in [1.807, 2.05) is 0 Å². The standard InChI is InChI=1S/C48H78N2O4/c1-6-8-9-10-11-12-13-14-15-16-17-18-19-20-21-22-23-24-43(52)49-33-34-50-44(53)28-25-36(3)39-26-27-40-45-41(30-32-47(39,40)4)48(5)31-29-37(51)35-42(48)38(7-2)46(45)54/h8-9,11-12,14-15,17-18,20-21,36-42,45-46,51,54H,6-7,10,13,16,19,22-35H2,1-5H3,(H,49,52)(H,50,53)/b9-8-,12-11-,15-14-,18-17-,21-20-/t36-,37-,38-,39?,40+,41+,42+,45+,46-,47-,48-/m1/s1. The third-order valence-electron chi connectivity index (χ3n) is 14.7. The zero-order chi connectivity index (χ0) is 39.0. The molecule has 0 aromatic carbocycles. The molecule has 0 aromatic rings. The van der Waals surface area contributed by atoms with Gasteiger partial charge < -0.3 is 20.8 Å². The molecule has 54 heavy (non-hydrogen) atoms. The molecule has 4 N–H and O–H groups in total. The summed E-state index contributed by atoms with van der Waals surface area (Å²) in [5.41, 5.74) is 0.440. The predicted molar refractivity (Wildman–Crippen MR) is 225 cm³/mol. The van der Waals surface area contributed by atoms with Crippen LogP contribution >= 0.6 is 0 Å². The van der Waals surface area contributed by atoms with Crippen LogP contribution in [0.4, 0.5) is 0 Å². The Balaban J connectivity index is 1.07. The number of fused-ring (bicyclic) bond motifs is 5. The van der Waals surface area contributed by atoms with Gasteiger partial charge in [-0.3, -0.25) is 9.59 Å². The van der Waals surface area contributed by atoms with E-state index in [1.54, 1.807) is 0 Å².